The summed E-state index contributed by atoms with van der Waals surface area (Å²) in [6, 6.07) is 9.12. The molecule has 1 aliphatic rings. The van der Waals surface area contributed by atoms with Gasteiger partial charge in [0.25, 0.3) is 5.91 Å². The largest absolute Gasteiger partial charge is 0.484 e. The number of sulfonamides is 1. The molecule has 0 saturated carbocycles. The first kappa shape index (κ1) is 18.4. The van der Waals surface area contributed by atoms with Gasteiger partial charge in [-0.3, -0.25) is 9.89 Å². The highest BCUT2D eigenvalue weighted by atomic mass is 32.2. The van der Waals surface area contributed by atoms with Crippen molar-refractivity contribution in [3.8, 4) is 5.75 Å². The number of aryl methyl sites for hydroxylation is 2. The second kappa shape index (κ2) is 7.46. The van der Waals surface area contributed by atoms with E-state index < -0.39 is 10.0 Å². The summed E-state index contributed by atoms with van der Waals surface area (Å²) >= 11 is 0. The molecule has 2 heterocycles. The lowest BCUT2D eigenvalue weighted by atomic mass is 10.3. The zero-order chi connectivity index (χ0) is 18.7. The second-order valence-electron chi connectivity index (χ2n) is 6.15. The van der Waals surface area contributed by atoms with Gasteiger partial charge in [0.1, 0.15) is 10.6 Å². The summed E-state index contributed by atoms with van der Waals surface area (Å²) in [5.41, 5.74) is 0.981. The third-order valence-electron chi connectivity index (χ3n) is 4.36. The molecule has 0 aliphatic carbocycles. The Labute approximate surface area is 152 Å². The van der Waals surface area contributed by atoms with Gasteiger partial charge in [0.05, 0.1) is 11.4 Å². The molecule has 26 heavy (non-hydrogen) atoms. The number of amides is 1. The first-order chi connectivity index (χ1) is 12.4. The standard InChI is InChI=1S/C17H22N4O4S/c1-13-17(14(2)19-18-13)26(23,24)21-10-8-20(9-11-21)16(22)12-25-15-6-4-3-5-7-15/h3-7H,8-12H2,1-2H3,(H,18,19). The molecule has 1 fully saturated rings. The summed E-state index contributed by atoms with van der Waals surface area (Å²) in [5.74, 6) is 0.481. The van der Waals surface area contributed by atoms with Crippen molar-refractivity contribution in [3.63, 3.8) is 0 Å². The average Bonchev–Trinajstić information content (AvgIpc) is 2.99. The number of aromatic nitrogens is 2. The Morgan fingerprint density at radius 1 is 1.15 bits per heavy atom. The van der Waals surface area contributed by atoms with Crippen LogP contribution in [0.5, 0.6) is 5.75 Å². The Hall–Kier alpha value is -2.39. The number of para-hydroxylation sites is 1. The van der Waals surface area contributed by atoms with Crippen LogP contribution in [0, 0.1) is 13.8 Å². The maximum atomic E-state index is 12.8. The van der Waals surface area contributed by atoms with Crippen molar-refractivity contribution in [1.82, 2.24) is 19.4 Å². The number of rotatable bonds is 5. The molecule has 0 bridgehead atoms. The van der Waals surface area contributed by atoms with E-state index >= 15 is 0 Å². The molecule has 2 aromatic rings. The van der Waals surface area contributed by atoms with Gasteiger partial charge < -0.3 is 9.64 Å². The van der Waals surface area contributed by atoms with E-state index in [1.54, 1.807) is 30.9 Å². The van der Waals surface area contributed by atoms with Crippen LogP contribution in [0.15, 0.2) is 35.2 Å². The summed E-state index contributed by atoms with van der Waals surface area (Å²) in [7, 11) is -3.61. The Balaban J connectivity index is 1.58. The number of aromatic amines is 1. The van der Waals surface area contributed by atoms with E-state index in [4.69, 9.17) is 4.74 Å². The van der Waals surface area contributed by atoms with E-state index in [9.17, 15) is 13.2 Å². The van der Waals surface area contributed by atoms with Crippen molar-refractivity contribution < 1.29 is 17.9 Å². The molecule has 0 atom stereocenters. The van der Waals surface area contributed by atoms with Gasteiger partial charge in [-0.15, -0.1) is 0 Å². The minimum absolute atomic E-state index is 0.0588. The number of carbonyl (C=O) groups is 1. The molecule has 1 aromatic carbocycles. The number of benzene rings is 1. The molecule has 3 rings (SSSR count). The molecule has 8 nitrogen and oxygen atoms in total. The Bertz CT molecular complexity index is 852. The minimum atomic E-state index is -3.61. The number of hydrogen-bond acceptors (Lipinski definition) is 5. The summed E-state index contributed by atoms with van der Waals surface area (Å²) < 4.78 is 32.5. The zero-order valence-electron chi connectivity index (χ0n) is 14.8. The molecule has 0 radical (unpaired) electrons. The highest BCUT2D eigenvalue weighted by Crippen LogP contribution is 2.22. The summed E-state index contributed by atoms with van der Waals surface area (Å²) in [4.78, 5) is 14.1. The molecule has 1 saturated heterocycles. The molecule has 140 valence electrons. The molecule has 1 aliphatic heterocycles. The SMILES string of the molecule is Cc1n[nH]c(C)c1S(=O)(=O)N1CCN(C(=O)COc2ccccc2)CC1. The monoisotopic (exact) mass is 378 g/mol. The third-order valence-corrected chi connectivity index (χ3v) is 6.52. The highest BCUT2D eigenvalue weighted by Gasteiger charge is 2.33. The van der Waals surface area contributed by atoms with Crippen molar-refractivity contribution >= 4 is 15.9 Å². The van der Waals surface area contributed by atoms with Crippen molar-refractivity contribution in [2.75, 3.05) is 32.8 Å². The van der Waals surface area contributed by atoms with Gasteiger partial charge in [-0.25, -0.2) is 8.42 Å². The second-order valence-corrected chi connectivity index (χ2v) is 8.02. The van der Waals surface area contributed by atoms with Gasteiger partial charge in [0, 0.05) is 26.2 Å². The number of nitrogens with one attached hydrogen (secondary N) is 1. The lowest BCUT2D eigenvalue weighted by molar-refractivity contribution is -0.134. The van der Waals surface area contributed by atoms with E-state index in [2.05, 4.69) is 10.2 Å². The molecule has 9 heteroatoms. The number of H-pyrrole nitrogens is 1. The first-order valence-corrected chi connectivity index (χ1v) is 9.81. The van der Waals surface area contributed by atoms with Crippen LogP contribution in [0.4, 0.5) is 0 Å². The van der Waals surface area contributed by atoms with Crippen LogP contribution < -0.4 is 4.74 Å². The van der Waals surface area contributed by atoms with Crippen LogP contribution in [0.3, 0.4) is 0 Å². The van der Waals surface area contributed by atoms with Gasteiger partial charge in [0.15, 0.2) is 6.61 Å². The van der Waals surface area contributed by atoms with E-state index in [0.717, 1.165) is 0 Å². The van der Waals surface area contributed by atoms with Gasteiger partial charge in [-0.2, -0.15) is 9.40 Å². The van der Waals surface area contributed by atoms with E-state index in [0.29, 0.717) is 30.2 Å². The Kier molecular flexibility index (Phi) is 5.28. The van der Waals surface area contributed by atoms with Crippen LogP contribution in [0.25, 0.3) is 0 Å². The fourth-order valence-electron chi connectivity index (χ4n) is 2.98. The normalized spacial score (nSPS) is 15.8. The summed E-state index contributed by atoms with van der Waals surface area (Å²) in [6.45, 7) is 4.48. The fourth-order valence-corrected chi connectivity index (χ4v) is 4.73. The lowest BCUT2D eigenvalue weighted by Crippen LogP contribution is -2.51. The van der Waals surface area contributed by atoms with Gasteiger partial charge in [-0.05, 0) is 26.0 Å². The Morgan fingerprint density at radius 2 is 1.81 bits per heavy atom. The van der Waals surface area contributed by atoms with E-state index in [1.807, 2.05) is 18.2 Å². The quantitative estimate of drug-likeness (QED) is 0.835. The molecular formula is C17H22N4O4S. The lowest BCUT2D eigenvalue weighted by Gasteiger charge is -2.34. The molecule has 0 unspecified atom stereocenters. The zero-order valence-corrected chi connectivity index (χ0v) is 15.6. The van der Waals surface area contributed by atoms with Crippen LogP contribution in [0.1, 0.15) is 11.4 Å². The highest BCUT2D eigenvalue weighted by molar-refractivity contribution is 7.89. The van der Waals surface area contributed by atoms with Gasteiger partial charge in [0.2, 0.25) is 10.0 Å². The molecule has 1 aromatic heterocycles. The summed E-state index contributed by atoms with van der Waals surface area (Å²) in [6.07, 6.45) is 0. The number of hydrogen-bond donors (Lipinski definition) is 1. The summed E-state index contributed by atoms with van der Waals surface area (Å²) in [5, 5.41) is 6.67. The average molecular weight is 378 g/mol. The number of carbonyl (C=O) groups excluding carboxylic acids is 1. The predicted molar refractivity (Wildman–Crippen MR) is 95.3 cm³/mol. The Morgan fingerprint density at radius 3 is 2.38 bits per heavy atom. The number of nitrogens with zero attached hydrogens (tertiary/aromatic N) is 3. The molecule has 1 amide bonds. The first-order valence-electron chi connectivity index (χ1n) is 8.37. The van der Waals surface area contributed by atoms with Crippen LogP contribution in [-0.4, -0.2) is 66.5 Å². The van der Waals surface area contributed by atoms with Crippen molar-refractivity contribution in [1.29, 1.82) is 0 Å². The maximum absolute atomic E-state index is 12.8. The fraction of sp³-hybridized carbons (Fsp3) is 0.412. The van der Waals surface area contributed by atoms with Gasteiger partial charge in [-0.1, -0.05) is 18.2 Å². The van der Waals surface area contributed by atoms with E-state index in [-0.39, 0.29) is 30.5 Å². The number of ether oxygens (including phenoxy) is 1. The van der Waals surface area contributed by atoms with E-state index in [1.165, 1.54) is 4.31 Å². The van der Waals surface area contributed by atoms with Crippen LogP contribution >= 0.6 is 0 Å². The number of piperazine rings is 1. The third kappa shape index (κ3) is 3.73. The van der Waals surface area contributed by atoms with Crippen LogP contribution in [-0.2, 0) is 14.8 Å². The van der Waals surface area contributed by atoms with Crippen molar-refractivity contribution in [3.05, 3.63) is 41.7 Å². The minimum Gasteiger partial charge on any atom is -0.484 e. The molecule has 0 spiro atoms. The smallest absolute Gasteiger partial charge is 0.260 e. The van der Waals surface area contributed by atoms with Crippen LogP contribution in [0.2, 0.25) is 0 Å². The van der Waals surface area contributed by atoms with Gasteiger partial charge >= 0.3 is 0 Å². The molecular weight excluding hydrogens is 356 g/mol. The van der Waals surface area contributed by atoms with Crippen molar-refractivity contribution in [2.24, 2.45) is 0 Å². The predicted octanol–water partition coefficient (Wildman–Crippen LogP) is 0.938. The maximum Gasteiger partial charge on any atom is 0.260 e. The topological polar surface area (TPSA) is 95.6 Å². The van der Waals surface area contributed by atoms with Crippen molar-refractivity contribution in [2.45, 2.75) is 18.7 Å². The molecule has 1 N–H and O–H groups in total.